The van der Waals surface area contributed by atoms with Gasteiger partial charge in [-0.25, -0.2) is 14.4 Å². The molecule has 3 aromatic rings. The van der Waals surface area contributed by atoms with Gasteiger partial charge in [0, 0.05) is 36.1 Å². The monoisotopic (exact) mass is 490 g/mol. The Bertz CT molecular complexity index is 1480. The molecule has 1 saturated heterocycles. The second kappa shape index (κ2) is 10.2. The molecular formula is C26H24ClFN6O. The lowest BCUT2D eigenvalue weighted by atomic mass is 10.1. The molecule has 0 unspecified atom stereocenters. The summed E-state index contributed by atoms with van der Waals surface area (Å²) in [6, 6.07) is 7.33. The van der Waals surface area contributed by atoms with E-state index in [1.54, 1.807) is 24.1 Å². The highest BCUT2D eigenvalue weighted by Crippen LogP contribution is 2.29. The molecule has 0 N–H and O–H groups in total. The maximum atomic E-state index is 15.8. The molecule has 7 nitrogen and oxygen atoms in total. The van der Waals surface area contributed by atoms with Crippen molar-refractivity contribution in [3.8, 4) is 6.07 Å². The summed E-state index contributed by atoms with van der Waals surface area (Å²) >= 11 is 6.45. The van der Waals surface area contributed by atoms with E-state index >= 15 is 4.39 Å². The zero-order valence-corrected chi connectivity index (χ0v) is 20.3. The highest BCUT2D eigenvalue weighted by Gasteiger charge is 2.31. The van der Waals surface area contributed by atoms with Gasteiger partial charge in [-0.1, -0.05) is 36.4 Å². The molecule has 0 saturated carbocycles. The van der Waals surface area contributed by atoms with Crippen molar-refractivity contribution in [3.05, 3.63) is 70.3 Å². The number of piperazine rings is 1. The molecule has 1 fully saturated rings. The molecule has 0 radical (unpaired) electrons. The average Bonchev–Trinajstić information content (AvgIpc) is 2.88. The maximum Gasteiger partial charge on any atom is 0.246 e. The molecule has 35 heavy (non-hydrogen) atoms. The van der Waals surface area contributed by atoms with Gasteiger partial charge in [-0.3, -0.25) is 9.78 Å². The van der Waals surface area contributed by atoms with Crippen molar-refractivity contribution in [3.63, 3.8) is 0 Å². The number of aromatic nitrogens is 3. The van der Waals surface area contributed by atoms with E-state index in [0.29, 0.717) is 41.4 Å². The molecule has 2 aromatic heterocycles. The third-order valence-electron chi connectivity index (χ3n) is 6.26. The Kier molecular flexibility index (Phi) is 7.08. The van der Waals surface area contributed by atoms with Crippen LogP contribution in [0.15, 0.2) is 43.4 Å². The van der Waals surface area contributed by atoms with E-state index < -0.39 is 5.82 Å². The van der Waals surface area contributed by atoms with Crippen LogP contribution < -0.4 is 15.3 Å². The third kappa shape index (κ3) is 4.47. The van der Waals surface area contributed by atoms with Crippen molar-refractivity contribution in [1.82, 2.24) is 19.9 Å². The molecule has 0 aliphatic carbocycles. The van der Waals surface area contributed by atoms with Gasteiger partial charge >= 0.3 is 0 Å². The minimum Gasteiger partial charge on any atom is -0.352 e. The van der Waals surface area contributed by atoms with Gasteiger partial charge in [0.15, 0.2) is 5.82 Å². The SMILES string of the molecule is C=CC(=O)N1CCN(c2ncnc3c(F)c(/C(C)=c4\c(Cl)ccc\c4=C\C)ncc23)C[C@@H]1CC#N. The molecule has 3 heterocycles. The number of pyridine rings is 1. The molecule has 1 aliphatic rings. The first-order valence-electron chi connectivity index (χ1n) is 11.2. The number of fused-ring (bicyclic) bond motifs is 1. The number of halogens is 2. The van der Waals surface area contributed by atoms with E-state index in [-0.39, 0.29) is 29.6 Å². The van der Waals surface area contributed by atoms with Crippen LogP contribution in [0.1, 0.15) is 26.0 Å². The van der Waals surface area contributed by atoms with Gasteiger partial charge in [0.2, 0.25) is 5.91 Å². The van der Waals surface area contributed by atoms with Crippen molar-refractivity contribution in [2.45, 2.75) is 26.3 Å². The van der Waals surface area contributed by atoms with Crippen LogP contribution >= 0.6 is 11.6 Å². The number of benzene rings is 1. The molecule has 178 valence electrons. The van der Waals surface area contributed by atoms with Crippen LogP contribution in [0.2, 0.25) is 5.02 Å². The fraction of sp³-hybridized carbons (Fsp3) is 0.269. The van der Waals surface area contributed by atoms with Crippen molar-refractivity contribution >= 4 is 45.9 Å². The largest absolute Gasteiger partial charge is 0.352 e. The van der Waals surface area contributed by atoms with Crippen molar-refractivity contribution in [2.75, 3.05) is 24.5 Å². The first-order chi connectivity index (χ1) is 16.9. The second-order valence-corrected chi connectivity index (χ2v) is 8.60. The first kappa shape index (κ1) is 24.3. The Hall–Kier alpha value is -3.83. The van der Waals surface area contributed by atoms with E-state index in [0.717, 1.165) is 10.4 Å². The topological polar surface area (TPSA) is 86.0 Å². The number of nitrogens with zero attached hydrogens (tertiary/aromatic N) is 6. The fourth-order valence-corrected chi connectivity index (χ4v) is 4.85. The number of anilines is 1. The molecular weight excluding hydrogens is 467 g/mol. The summed E-state index contributed by atoms with van der Waals surface area (Å²) < 4.78 is 15.8. The molecule has 0 spiro atoms. The summed E-state index contributed by atoms with van der Waals surface area (Å²) in [5, 5.41) is 11.8. The normalized spacial score (nSPS) is 17.3. The predicted octanol–water partition coefficient (Wildman–Crippen LogP) is 2.95. The molecule has 1 aromatic carbocycles. The van der Waals surface area contributed by atoms with E-state index in [1.165, 1.54) is 12.4 Å². The molecule has 1 amide bonds. The number of nitriles is 1. The molecule has 1 aliphatic heterocycles. The first-order valence-corrected chi connectivity index (χ1v) is 11.5. The Morgan fingerprint density at radius 1 is 1.34 bits per heavy atom. The summed E-state index contributed by atoms with van der Waals surface area (Å²) in [6.45, 7) is 8.48. The van der Waals surface area contributed by atoms with Gasteiger partial charge in [0.1, 0.15) is 23.4 Å². The zero-order chi connectivity index (χ0) is 25.1. The van der Waals surface area contributed by atoms with E-state index in [1.807, 2.05) is 30.0 Å². The van der Waals surface area contributed by atoms with Gasteiger partial charge in [0.25, 0.3) is 0 Å². The molecule has 4 rings (SSSR count). The molecule has 9 heteroatoms. The number of carbonyl (C=O) groups is 1. The van der Waals surface area contributed by atoms with Gasteiger partial charge in [0.05, 0.1) is 23.9 Å². The number of amides is 1. The second-order valence-electron chi connectivity index (χ2n) is 8.20. The highest BCUT2D eigenvalue weighted by molar-refractivity contribution is 6.30. The number of hydrogen-bond acceptors (Lipinski definition) is 6. The van der Waals surface area contributed by atoms with E-state index in [9.17, 15) is 10.1 Å². The Morgan fingerprint density at radius 3 is 2.86 bits per heavy atom. The number of carbonyl (C=O) groups excluding carboxylic acids is 1. The third-order valence-corrected chi connectivity index (χ3v) is 6.57. The van der Waals surface area contributed by atoms with Gasteiger partial charge < -0.3 is 9.80 Å². The van der Waals surface area contributed by atoms with Crippen LogP contribution in [0.25, 0.3) is 22.6 Å². The summed E-state index contributed by atoms with van der Waals surface area (Å²) in [7, 11) is 0. The van der Waals surface area contributed by atoms with Gasteiger partial charge in [-0.2, -0.15) is 5.26 Å². The predicted molar refractivity (Wildman–Crippen MR) is 134 cm³/mol. The minimum absolute atomic E-state index is 0.148. The van der Waals surface area contributed by atoms with Crippen LogP contribution in [0, 0.1) is 17.1 Å². The van der Waals surface area contributed by atoms with Gasteiger partial charge in [-0.15, -0.1) is 0 Å². The Balaban J connectivity index is 1.80. The van der Waals surface area contributed by atoms with Crippen LogP contribution in [-0.4, -0.2) is 51.4 Å². The van der Waals surface area contributed by atoms with Crippen LogP contribution in [0.3, 0.4) is 0 Å². The summed E-state index contributed by atoms with van der Waals surface area (Å²) in [4.78, 5) is 28.9. The van der Waals surface area contributed by atoms with Crippen LogP contribution in [0.4, 0.5) is 10.2 Å². The maximum absolute atomic E-state index is 15.8. The number of rotatable bonds is 4. The summed E-state index contributed by atoms with van der Waals surface area (Å²) in [6.07, 6.45) is 6.22. The van der Waals surface area contributed by atoms with Crippen LogP contribution in [0.5, 0.6) is 0 Å². The minimum atomic E-state index is -0.556. The van der Waals surface area contributed by atoms with Crippen molar-refractivity contribution in [2.24, 2.45) is 0 Å². The Morgan fingerprint density at radius 2 is 2.14 bits per heavy atom. The standard InChI is InChI=1S/C26H24ClFN6O/c1-4-17-7-6-8-20(27)22(17)16(3)24-23(28)25-19(13-30-24)26(32-15-31-25)33-11-12-34(21(35)5-2)18(14-33)9-10-29/h4-8,13,15,18H,2,9,11-12,14H2,1,3H3/b17-4-,22-16-/t18-/m0/s1. The fourth-order valence-electron chi connectivity index (χ4n) is 4.52. The van der Waals surface area contributed by atoms with E-state index in [2.05, 4.69) is 27.6 Å². The van der Waals surface area contributed by atoms with E-state index in [4.69, 9.17) is 11.6 Å². The quantitative estimate of drug-likeness (QED) is 0.523. The average molecular weight is 491 g/mol. The van der Waals surface area contributed by atoms with Crippen molar-refractivity contribution < 1.29 is 9.18 Å². The lowest BCUT2D eigenvalue weighted by Crippen LogP contribution is -2.55. The highest BCUT2D eigenvalue weighted by atomic mass is 35.5. The zero-order valence-electron chi connectivity index (χ0n) is 19.5. The lowest BCUT2D eigenvalue weighted by Gasteiger charge is -2.41. The summed E-state index contributed by atoms with van der Waals surface area (Å²) in [5.74, 6) is -0.261. The lowest BCUT2D eigenvalue weighted by molar-refractivity contribution is -0.128. The summed E-state index contributed by atoms with van der Waals surface area (Å²) in [5.41, 5.74) is 0.922. The smallest absolute Gasteiger partial charge is 0.246 e. The number of hydrogen-bond donors (Lipinski definition) is 0. The van der Waals surface area contributed by atoms with Gasteiger partial charge in [-0.05, 0) is 36.8 Å². The Labute approximate surface area is 207 Å². The molecule has 0 bridgehead atoms. The van der Waals surface area contributed by atoms with Crippen LogP contribution in [-0.2, 0) is 4.79 Å². The molecule has 1 atom stereocenters. The van der Waals surface area contributed by atoms with Crippen molar-refractivity contribution in [1.29, 1.82) is 5.26 Å².